The lowest BCUT2D eigenvalue weighted by molar-refractivity contribution is -0.121. The fourth-order valence-electron chi connectivity index (χ4n) is 4.76. The van der Waals surface area contributed by atoms with E-state index in [1.54, 1.807) is 24.5 Å². The minimum atomic E-state index is 0.00597. The molecule has 0 unspecified atom stereocenters. The van der Waals surface area contributed by atoms with Gasteiger partial charge in [-0.2, -0.15) is 0 Å². The van der Waals surface area contributed by atoms with E-state index in [-0.39, 0.29) is 17.7 Å². The lowest BCUT2D eigenvalue weighted by Gasteiger charge is -2.32. The topological polar surface area (TPSA) is 88.1 Å². The van der Waals surface area contributed by atoms with Crippen molar-refractivity contribution in [1.29, 1.82) is 0 Å². The average Bonchev–Trinajstić information content (AvgIpc) is 3.29. The maximum Gasteiger partial charge on any atom is 0.255 e. The molecule has 2 aliphatic rings. The molecule has 2 aromatic heterocycles. The Morgan fingerprint density at radius 3 is 2.52 bits per heavy atom. The monoisotopic (exact) mass is 421 g/mol. The van der Waals surface area contributed by atoms with Crippen molar-refractivity contribution >= 4 is 11.8 Å². The summed E-state index contributed by atoms with van der Waals surface area (Å²) in [4.78, 5) is 40.8. The quantitative estimate of drug-likeness (QED) is 0.801. The van der Waals surface area contributed by atoms with Crippen LogP contribution in [0, 0.1) is 13.8 Å². The van der Waals surface area contributed by atoms with Crippen molar-refractivity contribution in [3.63, 3.8) is 0 Å². The standard InChI is InChI=1S/C24H31N5O2/c1-16-21(13-22(30)28-20-9-3-4-10-20)17(2)27-23(26-16)19-8-6-12-29(15-19)24(31)18-7-5-11-25-14-18/h5,7,11,14,19-20H,3-4,6,8-10,12-13,15H2,1-2H3,(H,28,30)/t19-/m0/s1. The third-order valence-electron chi connectivity index (χ3n) is 6.48. The Kier molecular flexibility index (Phi) is 6.59. The number of likely N-dealkylation sites (tertiary alicyclic amines) is 1. The number of amides is 2. The fraction of sp³-hybridized carbons (Fsp3) is 0.542. The number of hydrogen-bond donors (Lipinski definition) is 1. The van der Waals surface area contributed by atoms with Gasteiger partial charge in [-0.1, -0.05) is 12.8 Å². The second-order valence-electron chi connectivity index (χ2n) is 8.79. The molecule has 1 saturated heterocycles. The molecule has 1 aliphatic carbocycles. The first-order chi connectivity index (χ1) is 15.0. The predicted octanol–water partition coefficient (Wildman–Crippen LogP) is 3.11. The van der Waals surface area contributed by atoms with E-state index >= 15 is 0 Å². The highest BCUT2D eigenvalue weighted by atomic mass is 16.2. The van der Waals surface area contributed by atoms with Crippen LogP contribution < -0.4 is 5.32 Å². The van der Waals surface area contributed by atoms with Crippen LogP contribution in [-0.2, 0) is 11.2 Å². The van der Waals surface area contributed by atoms with Crippen LogP contribution in [0.2, 0.25) is 0 Å². The van der Waals surface area contributed by atoms with E-state index in [4.69, 9.17) is 9.97 Å². The highest BCUT2D eigenvalue weighted by Gasteiger charge is 2.28. The van der Waals surface area contributed by atoms with Crippen LogP contribution >= 0.6 is 0 Å². The molecule has 7 heteroatoms. The van der Waals surface area contributed by atoms with Gasteiger partial charge in [0.1, 0.15) is 5.82 Å². The van der Waals surface area contributed by atoms with E-state index in [1.807, 2.05) is 18.7 Å². The molecule has 0 aromatic carbocycles. The summed E-state index contributed by atoms with van der Waals surface area (Å²) in [5.74, 6) is 0.943. The summed E-state index contributed by atoms with van der Waals surface area (Å²) in [7, 11) is 0. The second-order valence-corrected chi connectivity index (χ2v) is 8.79. The average molecular weight is 422 g/mol. The SMILES string of the molecule is Cc1nc([C@H]2CCCN(C(=O)c3cccnc3)C2)nc(C)c1CC(=O)NC1CCCC1. The van der Waals surface area contributed by atoms with Gasteiger partial charge in [0.15, 0.2) is 0 Å². The molecular weight excluding hydrogens is 390 g/mol. The van der Waals surface area contributed by atoms with Gasteiger partial charge in [0.25, 0.3) is 5.91 Å². The zero-order valence-corrected chi connectivity index (χ0v) is 18.4. The van der Waals surface area contributed by atoms with Crippen molar-refractivity contribution in [2.24, 2.45) is 0 Å². The minimum absolute atomic E-state index is 0.00597. The molecule has 0 spiro atoms. The number of aryl methyl sites for hydroxylation is 2. The first-order valence-corrected chi connectivity index (χ1v) is 11.3. The predicted molar refractivity (Wildman–Crippen MR) is 118 cm³/mol. The summed E-state index contributed by atoms with van der Waals surface area (Å²) in [5, 5.41) is 3.15. The normalized spacial score (nSPS) is 19.4. The van der Waals surface area contributed by atoms with Crippen LogP contribution in [-0.4, -0.2) is 50.8 Å². The van der Waals surface area contributed by atoms with Gasteiger partial charge in [-0.15, -0.1) is 0 Å². The van der Waals surface area contributed by atoms with Crippen LogP contribution in [0.5, 0.6) is 0 Å². The number of nitrogens with one attached hydrogen (secondary N) is 1. The molecule has 0 bridgehead atoms. The number of aromatic nitrogens is 3. The van der Waals surface area contributed by atoms with Gasteiger partial charge in [0, 0.05) is 54.4 Å². The van der Waals surface area contributed by atoms with E-state index in [9.17, 15) is 9.59 Å². The second kappa shape index (κ2) is 9.54. The van der Waals surface area contributed by atoms with E-state index in [0.29, 0.717) is 24.6 Å². The number of pyridine rings is 1. The Morgan fingerprint density at radius 1 is 1.10 bits per heavy atom. The largest absolute Gasteiger partial charge is 0.353 e. The number of hydrogen-bond acceptors (Lipinski definition) is 5. The lowest BCUT2D eigenvalue weighted by atomic mass is 9.95. The summed E-state index contributed by atoms with van der Waals surface area (Å²) in [6, 6.07) is 3.90. The van der Waals surface area contributed by atoms with Crippen molar-refractivity contribution in [2.45, 2.75) is 70.8 Å². The molecule has 164 valence electrons. The summed E-state index contributed by atoms with van der Waals surface area (Å²) in [6.45, 7) is 5.26. The van der Waals surface area contributed by atoms with E-state index in [0.717, 1.165) is 55.0 Å². The maximum atomic E-state index is 12.8. The highest BCUT2D eigenvalue weighted by molar-refractivity contribution is 5.94. The summed E-state index contributed by atoms with van der Waals surface area (Å²) in [6.07, 6.45) is 10.0. The molecule has 7 nitrogen and oxygen atoms in total. The molecule has 2 aromatic rings. The molecule has 2 amide bonds. The van der Waals surface area contributed by atoms with Crippen molar-refractivity contribution in [1.82, 2.24) is 25.2 Å². The molecule has 2 fully saturated rings. The number of piperidine rings is 1. The molecule has 1 atom stereocenters. The lowest BCUT2D eigenvalue weighted by Crippen LogP contribution is -2.39. The van der Waals surface area contributed by atoms with Crippen LogP contribution in [0.4, 0.5) is 0 Å². The van der Waals surface area contributed by atoms with Gasteiger partial charge < -0.3 is 10.2 Å². The molecule has 1 N–H and O–H groups in total. The molecular formula is C24H31N5O2. The van der Waals surface area contributed by atoms with Gasteiger partial charge in [-0.05, 0) is 51.7 Å². The van der Waals surface area contributed by atoms with Crippen LogP contribution in [0.1, 0.15) is 77.6 Å². The molecule has 3 heterocycles. The summed E-state index contributed by atoms with van der Waals surface area (Å²) >= 11 is 0. The van der Waals surface area contributed by atoms with Crippen molar-refractivity contribution in [3.8, 4) is 0 Å². The molecule has 0 radical (unpaired) electrons. The van der Waals surface area contributed by atoms with Crippen LogP contribution in [0.3, 0.4) is 0 Å². The van der Waals surface area contributed by atoms with Gasteiger partial charge in [0.2, 0.25) is 5.91 Å². The maximum absolute atomic E-state index is 12.8. The Morgan fingerprint density at radius 2 is 1.84 bits per heavy atom. The number of carbonyl (C=O) groups excluding carboxylic acids is 2. The Balaban J connectivity index is 1.44. The van der Waals surface area contributed by atoms with E-state index in [2.05, 4.69) is 10.3 Å². The van der Waals surface area contributed by atoms with Gasteiger partial charge in [-0.3, -0.25) is 14.6 Å². The van der Waals surface area contributed by atoms with E-state index < -0.39 is 0 Å². The zero-order valence-electron chi connectivity index (χ0n) is 18.4. The fourth-order valence-corrected chi connectivity index (χ4v) is 4.76. The van der Waals surface area contributed by atoms with Crippen LogP contribution in [0.25, 0.3) is 0 Å². The third kappa shape index (κ3) is 5.09. The Hall–Kier alpha value is -2.83. The smallest absolute Gasteiger partial charge is 0.255 e. The molecule has 1 aliphatic heterocycles. The van der Waals surface area contributed by atoms with Gasteiger partial charge in [-0.25, -0.2) is 9.97 Å². The van der Waals surface area contributed by atoms with Gasteiger partial charge in [0.05, 0.1) is 12.0 Å². The molecule has 4 rings (SSSR count). The highest BCUT2D eigenvalue weighted by Crippen LogP contribution is 2.27. The van der Waals surface area contributed by atoms with Crippen molar-refractivity contribution in [2.75, 3.05) is 13.1 Å². The first kappa shape index (κ1) is 21.4. The Bertz CT molecular complexity index is 917. The van der Waals surface area contributed by atoms with Gasteiger partial charge >= 0.3 is 0 Å². The third-order valence-corrected chi connectivity index (χ3v) is 6.48. The van der Waals surface area contributed by atoms with Crippen molar-refractivity contribution in [3.05, 3.63) is 52.9 Å². The number of carbonyl (C=O) groups is 2. The summed E-state index contributed by atoms with van der Waals surface area (Å²) in [5.41, 5.74) is 3.25. The first-order valence-electron chi connectivity index (χ1n) is 11.3. The molecule has 31 heavy (non-hydrogen) atoms. The molecule has 1 saturated carbocycles. The number of nitrogens with zero attached hydrogens (tertiary/aromatic N) is 4. The minimum Gasteiger partial charge on any atom is -0.353 e. The number of rotatable bonds is 5. The summed E-state index contributed by atoms with van der Waals surface area (Å²) < 4.78 is 0. The van der Waals surface area contributed by atoms with Crippen molar-refractivity contribution < 1.29 is 9.59 Å². The zero-order chi connectivity index (χ0) is 21.8. The van der Waals surface area contributed by atoms with E-state index in [1.165, 1.54) is 12.8 Å². The Labute approximate surface area is 183 Å². The van der Waals surface area contributed by atoms with Crippen LogP contribution in [0.15, 0.2) is 24.5 Å².